The van der Waals surface area contributed by atoms with E-state index in [1.807, 2.05) is 6.07 Å². The molecule has 0 saturated heterocycles. The van der Waals surface area contributed by atoms with Crippen molar-refractivity contribution in [3.8, 4) is 0 Å². The van der Waals surface area contributed by atoms with E-state index in [1.54, 1.807) is 0 Å². The lowest BCUT2D eigenvalue weighted by molar-refractivity contribution is 0.0187. The molecule has 0 amide bonds. The van der Waals surface area contributed by atoms with Gasteiger partial charge in [-0.1, -0.05) is 18.2 Å². The van der Waals surface area contributed by atoms with Crippen LogP contribution < -0.4 is 5.32 Å². The van der Waals surface area contributed by atoms with E-state index >= 15 is 0 Å². The van der Waals surface area contributed by atoms with Gasteiger partial charge in [-0.2, -0.15) is 0 Å². The van der Waals surface area contributed by atoms with Gasteiger partial charge in [0.2, 0.25) is 0 Å². The average molecular weight is 243 g/mol. The maximum atomic E-state index is 11.8. The maximum absolute atomic E-state index is 11.8. The monoisotopic (exact) mass is 243 g/mol. The van der Waals surface area contributed by atoms with Crippen LogP contribution in [0.5, 0.6) is 0 Å². The van der Waals surface area contributed by atoms with E-state index in [4.69, 9.17) is 4.74 Å². The molecule has 0 aliphatic heterocycles. The Hall–Kier alpha value is -1.00. The summed E-state index contributed by atoms with van der Waals surface area (Å²) in [6.07, 6.45) is -2.38. The van der Waals surface area contributed by atoms with Gasteiger partial charge in [0, 0.05) is 13.1 Å². The number of halogens is 2. The summed E-state index contributed by atoms with van der Waals surface area (Å²) in [5.41, 5.74) is 3.75. The van der Waals surface area contributed by atoms with E-state index in [-0.39, 0.29) is 0 Å². The summed E-state index contributed by atoms with van der Waals surface area (Å²) in [4.78, 5) is 0. The lowest BCUT2D eigenvalue weighted by Crippen LogP contribution is -2.21. The van der Waals surface area contributed by atoms with Crippen LogP contribution in [0.1, 0.15) is 16.7 Å². The molecular weight excluding hydrogens is 224 g/mol. The van der Waals surface area contributed by atoms with E-state index in [0.717, 1.165) is 6.54 Å². The van der Waals surface area contributed by atoms with Crippen molar-refractivity contribution in [3.63, 3.8) is 0 Å². The van der Waals surface area contributed by atoms with Crippen LogP contribution in [-0.4, -0.2) is 26.2 Å². The van der Waals surface area contributed by atoms with Crippen LogP contribution in [0, 0.1) is 13.8 Å². The molecule has 0 aliphatic rings. The van der Waals surface area contributed by atoms with Crippen molar-refractivity contribution in [2.75, 3.05) is 19.8 Å². The summed E-state index contributed by atoms with van der Waals surface area (Å²) in [6, 6.07) is 6.16. The highest BCUT2D eigenvalue weighted by atomic mass is 19.3. The van der Waals surface area contributed by atoms with E-state index in [2.05, 4.69) is 31.3 Å². The number of nitrogens with one attached hydrogen (secondary N) is 1. The molecule has 17 heavy (non-hydrogen) atoms. The minimum absolute atomic E-state index is 0.315. The van der Waals surface area contributed by atoms with E-state index in [9.17, 15) is 8.78 Å². The van der Waals surface area contributed by atoms with Crippen LogP contribution >= 0.6 is 0 Å². The third-order valence-electron chi connectivity index (χ3n) is 2.61. The first kappa shape index (κ1) is 14.1. The summed E-state index contributed by atoms with van der Waals surface area (Å²) in [7, 11) is 0. The van der Waals surface area contributed by atoms with Crippen molar-refractivity contribution in [3.05, 3.63) is 34.9 Å². The van der Waals surface area contributed by atoms with Crippen LogP contribution in [0.15, 0.2) is 18.2 Å². The molecule has 4 heteroatoms. The van der Waals surface area contributed by atoms with Crippen molar-refractivity contribution in [2.45, 2.75) is 26.8 Å². The first-order chi connectivity index (χ1) is 8.11. The Labute approximate surface area is 101 Å². The fourth-order valence-electron chi connectivity index (χ4n) is 1.66. The predicted molar refractivity (Wildman–Crippen MR) is 64.4 cm³/mol. The molecule has 0 spiro atoms. The molecule has 0 bridgehead atoms. The Morgan fingerprint density at radius 2 is 1.88 bits per heavy atom. The second-order valence-electron chi connectivity index (χ2n) is 4.01. The summed E-state index contributed by atoms with van der Waals surface area (Å²) < 4.78 is 28.3. The topological polar surface area (TPSA) is 21.3 Å². The highest BCUT2D eigenvalue weighted by molar-refractivity contribution is 5.33. The Balaban J connectivity index is 2.22. The van der Waals surface area contributed by atoms with Crippen LogP contribution in [0.2, 0.25) is 0 Å². The zero-order chi connectivity index (χ0) is 12.7. The molecule has 0 heterocycles. The van der Waals surface area contributed by atoms with Gasteiger partial charge in [-0.05, 0) is 30.5 Å². The lowest BCUT2D eigenvalue weighted by Gasteiger charge is -2.11. The van der Waals surface area contributed by atoms with Gasteiger partial charge in [0.05, 0.1) is 6.61 Å². The minimum Gasteiger partial charge on any atom is -0.374 e. The van der Waals surface area contributed by atoms with Crippen molar-refractivity contribution < 1.29 is 13.5 Å². The van der Waals surface area contributed by atoms with E-state index < -0.39 is 13.0 Å². The second kappa shape index (κ2) is 7.35. The molecule has 0 aromatic heterocycles. The standard InChI is InChI=1S/C13H19F2NO/c1-10-4-3-5-11(2)12(10)8-16-6-7-17-9-13(14)15/h3-5,13,16H,6-9H2,1-2H3. The predicted octanol–water partition coefficient (Wildman–Crippen LogP) is 2.67. The molecule has 1 aromatic carbocycles. The molecule has 1 aromatic rings. The molecule has 0 aliphatic carbocycles. The number of rotatable bonds is 7. The Morgan fingerprint density at radius 1 is 1.24 bits per heavy atom. The van der Waals surface area contributed by atoms with Gasteiger partial charge >= 0.3 is 0 Å². The largest absolute Gasteiger partial charge is 0.374 e. The number of hydrogen-bond acceptors (Lipinski definition) is 2. The molecule has 2 nitrogen and oxygen atoms in total. The minimum atomic E-state index is -2.38. The summed E-state index contributed by atoms with van der Waals surface area (Å²) >= 11 is 0. The third kappa shape index (κ3) is 5.24. The Bertz CT molecular complexity index is 322. The SMILES string of the molecule is Cc1cccc(C)c1CNCCOCC(F)F. The number of hydrogen-bond donors (Lipinski definition) is 1. The molecule has 96 valence electrons. The van der Waals surface area contributed by atoms with Gasteiger partial charge in [-0.25, -0.2) is 8.78 Å². The summed E-state index contributed by atoms with van der Waals surface area (Å²) in [5.74, 6) is 0. The van der Waals surface area contributed by atoms with Crippen LogP contribution in [0.3, 0.4) is 0 Å². The Kier molecular flexibility index (Phi) is 6.08. The first-order valence-electron chi connectivity index (χ1n) is 5.73. The summed E-state index contributed by atoms with van der Waals surface area (Å²) in [6.45, 7) is 5.30. The molecule has 1 N–H and O–H groups in total. The van der Waals surface area contributed by atoms with Gasteiger partial charge in [-0.3, -0.25) is 0 Å². The average Bonchev–Trinajstić information content (AvgIpc) is 2.26. The number of ether oxygens (including phenoxy) is 1. The second-order valence-corrected chi connectivity index (χ2v) is 4.01. The van der Waals surface area contributed by atoms with Crippen LogP contribution in [-0.2, 0) is 11.3 Å². The fraction of sp³-hybridized carbons (Fsp3) is 0.538. The van der Waals surface area contributed by atoms with Gasteiger partial charge in [-0.15, -0.1) is 0 Å². The highest BCUT2D eigenvalue weighted by Gasteiger charge is 2.02. The summed E-state index contributed by atoms with van der Waals surface area (Å²) in [5, 5.41) is 3.19. The Morgan fingerprint density at radius 3 is 2.47 bits per heavy atom. The highest BCUT2D eigenvalue weighted by Crippen LogP contribution is 2.12. The molecule has 0 atom stereocenters. The van der Waals surface area contributed by atoms with Gasteiger partial charge in [0.1, 0.15) is 6.61 Å². The van der Waals surface area contributed by atoms with Gasteiger partial charge < -0.3 is 10.1 Å². The molecule has 0 radical (unpaired) electrons. The first-order valence-corrected chi connectivity index (χ1v) is 5.73. The zero-order valence-electron chi connectivity index (χ0n) is 10.3. The fourth-order valence-corrected chi connectivity index (χ4v) is 1.66. The van der Waals surface area contributed by atoms with Crippen molar-refractivity contribution in [1.29, 1.82) is 0 Å². The zero-order valence-corrected chi connectivity index (χ0v) is 10.3. The number of benzene rings is 1. The molecule has 0 saturated carbocycles. The van der Waals surface area contributed by atoms with Crippen molar-refractivity contribution in [1.82, 2.24) is 5.32 Å². The maximum Gasteiger partial charge on any atom is 0.261 e. The van der Waals surface area contributed by atoms with Gasteiger partial charge in [0.25, 0.3) is 6.43 Å². The van der Waals surface area contributed by atoms with Crippen LogP contribution in [0.25, 0.3) is 0 Å². The van der Waals surface area contributed by atoms with Crippen molar-refractivity contribution >= 4 is 0 Å². The smallest absolute Gasteiger partial charge is 0.261 e. The number of alkyl halides is 2. The quantitative estimate of drug-likeness (QED) is 0.743. The number of aryl methyl sites for hydroxylation is 2. The van der Waals surface area contributed by atoms with Crippen LogP contribution in [0.4, 0.5) is 8.78 Å². The lowest BCUT2D eigenvalue weighted by atomic mass is 10.0. The van der Waals surface area contributed by atoms with E-state index in [0.29, 0.717) is 13.2 Å². The normalized spacial score (nSPS) is 11.1. The van der Waals surface area contributed by atoms with E-state index in [1.165, 1.54) is 16.7 Å². The molecule has 0 fully saturated rings. The third-order valence-corrected chi connectivity index (χ3v) is 2.61. The molecular formula is C13H19F2NO. The molecule has 1 rings (SSSR count). The molecule has 0 unspecified atom stereocenters. The van der Waals surface area contributed by atoms with Crippen molar-refractivity contribution in [2.24, 2.45) is 0 Å². The van der Waals surface area contributed by atoms with Gasteiger partial charge in [0.15, 0.2) is 0 Å².